The van der Waals surface area contributed by atoms with Crippen molar-refractivity contribution in [3.63, 3.8) is 0 Å². The summed E-state index contributed by atoms with van der Waals surface area (Å²) in [5, 5.41) is 3.57. The maximum Gasteiger partial charge on any atom is 0.200 e. The normalized spacial score (nSPS) is 14.0. The van der Waals surface area contributed by atoms with Crippen LogP contribution in [0.25, 0.3) is 27.9 Å². The van der Waals surface area contributed by atoms with Gasteiger partial charge < -0.3 is 10.3 Å². The molecule has 0 atom stereocenters. The van der Waals surface area contributed by atoms with E-state index in [1.807, 2.05) is 0 Å². The predicted molar refractivity (Wildman–Crippen MR) is 102 cm³/mol. The fraction of sp³-hybridized carbons (Fsp3) is 0.250. The van der Waals surface area contributed by atoms with Crippen molar-refractivity contribution in [1.82, 2.24) is 9.13 Å². The van der Waals surface area contributed by atoms with Crippen LogP contribution >= 0.6 is 0 Å². The highest BCUT2D eigenvalue weighted by atomic mass is 15.1. The van der Waals surface area contributed by atoms with E-state index in [0.29, 0.717) is 5.96 Å². The topological polar surface area (TPSA) is 48.2 Å². The molecule has 0 aliphatic heterocycles. The maximum absolute atomic E-state index is 6.29. The molecular formula is C20H22N4. The van der Waals surface area contributed by atoms with Crippen LogP contribution in [0.15, 0.2) is 41.5 Å². The van der Waals surface area contributed by atoms with Gasteiger partial charge in [0.05, 0.1) is 11.0 Å². The number of benzene rings is 1. The minimum Gasteiger partial charge on any atom is -0.369 e. The van der Waals surface area contributed by atoms with Crippen LogP contribution < -0.4 is 11.1 Å². The van der Waals surface area contributed by atoms with Crippen LogP contribution in [0.2, 0.25) is 0 Å². The average Bonchev–Trinajstić information content (AvgIpc) is 2.96. The first kappa shape index (κ1) is 14.8. The summed E-state index contributed by atoms with van der Waals surface area (Å²) in [6.07, 6.45) is 6.43. The molecule has 4 heteroatoms. The lowest BCUT2D eigenvalue weighted by atomic mass is 10.1. The van der Waals surface area contributed by atoms with Gasteiger partial charge in [-0.05, 0) is 49.1 Å². The zero-order valence-corrected chi connectivity index (χ0v) is 14.4. The van der Waals surface area contributed by atoms with Crippen molar-refractivity contribution in [1.29, 1.82) is 0 Å². The van der Waals surface area contributed by atoms with Gasteiger partial charge in [0.2, 0.25) is 0 Å². The standard InChI is InChI=1S/C20H22N4/c1-13-17-8-7-14-5-4-6-16(11-14)24(20(21)22-2)18(13)12-15-9-10-23(3)19(15)17/h6-12H,4-5H2,1-3H3,(H2,21,22). The fourth-order valence-electron chi connectivity index (χ4n) is 3.70. The van der Waals surface area contributed by atoms with E-state index < -0.39 is 0 Å². The Morgan fingerprint density at radius 2 is 2.04 bits per heavy atom. The van der Waals surface area contributed by atoms with Gasteiger partial charge in [-0.15, -0.1) is 0 Å². The molecule has 0 saturated carbocycles. The first-order chi connectivity index (χ1) is 11.6. The van der Waals surface area contributed by atoms with Gasteiger partial charge in [0.15, 0.2) is 5.96 Å². The van der Waals surface area contributed by atoms with E-state index in [4.69, 9.17) is 5.73 Å². The van der Waals surface area contributed by atoms with Crippen molar-refractivity contribution in [2.24, 2.45) is 17.8 Å². The number of aromatic nitrogens is 2. The van der Waals surface area contributed by atoms with Gasteiger partial charge in [-0.25, -0.2) is 0 Å². The van der Waals surface area contributed by atoms with Crippen molar-refractivity contribution < 1.29 is 0 Å². The molecule has 2 heterocycles. The zero-order valence-electron chi connectivity index (χ0n) is 14.4. The summed E-state index contributed by atoms with van der Waals surface area (Å²) >= 11 is 0. The lowest BCUT2D eigenvalue weighted by Crippen LogP contribution is -2.33. The van der Waals surface area contributed by atoms with Crippen LogP contribution in [0.3, 0.4) is 0 Å². The summed E-state index contributed by atoms with van der Waals surface area (Å²) in [4.78, 5) is 4.27. The van der Waals surface area contributed by atoms with Gasteiger partial charge in [0, 0.05) is 36.4 Å². The molecule has 0 radical (unpaired) electrons. The third-order valence-electron chi connectivity index (χ3n) is 4.98. The van der Waals surface area contributed by atoms with E-state index in [1.54, 1.807) is 7.05 Å². The molecule has 0 fully saturated rings. The van der Waals surface area contributed by atoms with E-state index in [0.717, 1.165) is 23.7 Å². The highest BCUT2D eigenvalue weighted by Gasteiger charge is 2.11. The molecular weight excluding hydrogens is 296 g/mol. The smallest absolute Gasteiger partial charge is 0.200 e. The Morgan fingerprint density at radius 3 is 2.83 bits per heavy atom. The lowest BCUT2D eigenvalue weighted by Gasteiger charge is -2.13. The average molecular weight is 318 g/mol. The van der Waals surface area contributed by atoms with Crippen LogP contribution in [0.5, 0.6) is 0 Å². The van der Waals surface area contributed by atoms with Gasteiger partial charge in [-0.1, -0.05) is 18.2 Å². The Bertz CT molecular complexity index is 1090. The van der Waals surface area contributed by atoms with Crippen LogP contribution in [0.4, 0.5) is 0 Å². The largest absolute Gasteiger partial charge is 0.369 e. The molecule has 1 aromatic carbocycles. The number of fused-ring (bicyclic) bond motifs is 6. The van der Waals surface area contributed by atoms with Gasteiger partial charge in [-0.2, -0.15) is 0 Å². The van der Waals surface area contributed by atoms with E-state index in [-0.39, 0.29) is 0 Å². The molecule has 1 aliphatic rings. The summed E-state index contributed by atoms with van der Waals surface area (Å²) in [5.74, 6) is 0.519. The second kappa shape index (κ2) is 5.41. The molecule has 1 aliphatic carbocycles. The van der Waals surface area contributed by atoms with Gasteiger partial charge in [0.25, 0.3) is 0 Å². The number of nitrogens with zero attached hydrogens (tertiary/aromatic N) is 3. The molecule has 0 saturated heterocycles. The highest BCUT2D eigenvalue weighted by Crippen LogP contribution is 2.27. The third-order valence-corrected chi connectivity index (χ3v) is 4.98. The Morgan fingerprint density at radius 1 is 1.21 bits per heavy atom. The van der Waals surface area contributed by atoms with E-state index in [9.17, 15) is 0 Å². The minimum absolute atomic E-state index is 0.519. The molecule has 2 N–H and O–H groups in total. The first-order valence-corrected chi connectivity index (χ1v) is 8.30. The fourth-order valence-corrected chi connectivity index (χ4v) is 3.70. The molecule has 122 valence electrons. The highest BCUT2D eigenvalue weighted by molar-refractivity contribution is 6.03. The molecule has 4 nitrogen and oxygen atoms in total. The summed E-state index contributed by atoms with van der Waals surface area (Å²) in [6.45, 7) is 2.16. The number of hydrogen-bond donors (Lipinski definition) is 1. The predicted octanol–water partition coefficient (Wildman–Crippen LogP) is 2.80. The van der Waals surface area contributed by atoms with Crippen molar-refractivity contribution in [2.45, 2.75) is 19.8 Å². The van der Waals surface area contributed by atoms with Crippen LogP contribution in [0, 0.1) is 6.92 Å². The van der Waals surface area contributed by atoms with Gasteiger partial charge in [-0.3, -0.25) is 9.56 Å². The van der Waals surface area contributed by atoms with E-state index in [2.05, 4.69) is 70.7 Å². The van der Waals surface area contributed by atoms with Crippen molar-refractivity contribution in [2.75, 3.05) is 7.05 Å². The second-order valence-electron chi connectivity index (χ2n) is 6.44. The molecule has 0 spiro atoms. The molecule has 4 bridgehead atoms. The zero-order chi connectivity index (χ0) is 16.8. The number of aryl methyl sites for hydroxylation is 3. The van der Waals surface area contributed by atoms with Crippen LogP contribution in [-0.2, 0) is 13.5 Å². The monoisotopic (exact) mass is 318 g/mol. The summed E-state index contributed by atoms with van der Waals surface area (Å²) in [5.41, 5.74) is 11.2. The van der Waals surface area contributed by atoms with E-state index in [1.165, 1.54) is 27.4 Å². The number of hydrogen-bond acceptors (Lipinski definition) is 1. The second-order valence-corrected chi connectivity index (χ2v) is 6.44. The Hall–Kier alpha value is -2.75. The van der Waals surface area contributed by atoms with Crippen LogP contribution in [-0.4, -0.2) is 22.1 Å². The summed E-state index contributed by atoms with van der Waals surface area (Å²) < 4.78 is 4.27. The Labute approximate surface area is 141 Å². The number of aliphatic imine (C=N–C) groups is 1. The Balaban J connectivity index is 2.37. The number of rotatable bonds is 0. The molecule has 4 rings (SSSR count). The Kier molecular flexibility index (Phi) is 3.34. The quantitative estimate of drug-likeness (QED) is 0.503. The summed E-state index contributed by atoms with van der Waals surface area (Å²) in [6, 6.07) is 11.1. The van der Waals surface area contributed by atoms with Crippen molar-refractivity contribution >= 4 is 33.8 Å². The third kappa shape index (κ3) is 2.10. The van der Waals surface area contributed by atoms with Gasteiger partial charge in [0.1, 0.15) is 0 Å². The minimum atomic E-state index is 0.519. The SMILES string of the molecule is CN=C(N)n1c2cc(ccc3c(C)c1cc1ccn(C)c13)CCC=2. The molecule has 3 aromatic rings. The van der Waals surface area contributed by atoms with E-state index >= 15 is 0 Å². The van der Waals surface area contributed by atoms with Gasteiger partial charge >= 0.3 is 0 Å². The van der Waals surface area contributed by atoms with Crippen molar-refractivity contribution in [3.05, 3.63) is 53.0 Å². The number of nitrogens with two attached hydrogens (primary N) is 1. The molecule has 2 aromatic heterocycles. The van der Waals surface area contributed by atoms with Crippen molar-refractivity contribution in [3.8, 4) is 0 Å². The van der Waals surface area contributed by atoms with Crippen LogP contribution in [0.1, 0.15) is 17.5 Å². The molecule has 0 unspecified atom stereocenters. The first-order valence-electron chi connectivity index (χ1n) is 8.30. The lowest BCUT2D eigenvalue weighted by molar-refractivity contribution is 0.972. The summed E-state index contributed by atoms with van der Waals surface area (Å²) in [7, 11) is 3.84. The maximum atomic E-state index is 6.29. The molecule has 0 amide bonds. The molecule has 24 heavy (non-hydrogen) atoms.